The number of rotatable bonds is 6. The van der Waals surface area contributed by atoms with Crippen LogP contribution in [0.4, 0.5) is 0 Å². The Morgan fingerprint density at radius 3 is 2.91 bits per heavy atom. The molecule has 1 aliphatic rings. The molecule has 1 aromatic carbocycles. The average Bonchev–Trinajstić information content (AvgIpc) is 3.03. The lowest BCUT2D eigenvalue weighted by Crippen LogP contribution is -2.32. The Morgan fingerprint density at radius 2 is 2.13 bits per heavy atom. The SMILES string of the molecule is O=S(=O)(NCC[C@H](O)C1CCOCC1)c1cccc2nsnc12. The predicted molar refractivity (Wildman–Crippen MR) is 86.8 cm³/mol. The quantitative estimate of drug-likeness (QED) is 0.804. The van der Waals surface area contributed by atoms with E-state index in [-0.39, 0.29) is 17.4 Å². The molecule has 1 aliphatic heterocycles. The normalized spacial score (nSPS) is 18.3. The van der Waals surface area contributed by atoms with Crippen molar-refractivity contribution in [2.75, 3.05) is 19.8 Å². The van der Waals surface area contributed by atoms with Gasteiger partial charge in [-0.1, -0.05) is 6.07 Å². The number of nitrogens with zero attached hydrogens (tertiary/aromatic N) is 2. The average molecular weight is 357 g/mol. The summed E-state index contributed by atoms with van der Waals surface area (Å²) in [5, 5.41) is 10.2. The molecule has 1 aromatic heterocycles. The van der Waals surface area contributed by atoms with Crippen LogP contribution in [-0.4, -0.2) is 48.1 Å². The van der Waals surface area contributed by atoms with Gasteiger partial charge >= 0.3 is 0 Å². The number of hydrogen-bond acceptors (Lipinski definition) is 7. The maximum Gasteiger partial charge on any atom is 0.242 e. The van der Waals surface area contributed by atoms with Crippen LogP contribution in [0.3, 0.4) is 0 Å². The van der Waals surface area contributed by atoms with Crippen molar-refractivity contribution in [3.63, 3.8) is 0 Å². The van der Waals surface area contributed by atoms with Crippen molar-refractivity contribution in [2.24, 2.45) is 5.92 Å². The first kappa shape index (κ1) is 16.7. The Balaban J connectivity index is 1.62. The standard InChI is InChI=1S/C14H19N3O4S2/c18-12(10-5-8-21-9-6-10)4-7-15-23(19,20)13-3-1-2-11-14(13)17-22-16-11/h1-3,10,12,15,18H,4-9H2/t12-/m0/s1. The van der Waals surface area contributed by atoms with Gasteiger partial charge in [0.15, 0.2) is 0 Å². The van der Waals surface area contributed by atoms with Crippen LogP contribution in [0.15, 0.2) is 23.1 Å². The van der Waals surface area contributed by atoms with Crippen LogP contribution < -0.4 is 4.72 Å². The smallest absolute Gasteiger partial charge is 0.242 e. The molecule has 1 fully saturated rings. The topological polar surface area (TPSA) is 101 Å². The molecule has 23 heavy (non-hydrogen) atoms. The van der Waals surface area contributed by atoms with Crippen molar-refractivity contribution < 1.29 is 18.3 Å². The highest BCUT2D eigenvalue weighted by Gasteiger charge is 2.23. The fraction of sp³-hybridized carbons (Fsp3) is 0.571. The van der Waals surface area contributed by atoms with Gasteiger partial charge in [0.05, 0.1) is 17.8 Å². The first-order valence-electron chi connectivity index (χ1n) is 7.55. The second kappa shape index (κ2) is 7.18. The summed E-state index contributed by atoms with van der Waals surface area (Å²) >= 11 is 0.987. The van der Waals surface area contributed by atoms with Gasteiger partial charge in [-0.25, -0.2) is 13.1 Å². The first-order valence-corrected chi connectivity index (χ1v) is 9.76. The minimum atomic E-state index is -3.66. The lowest BCUT2D eigenvalue weighted by molar-refractivity contribution is 0.00567. The summed E-state index contributed by atoms with van der Waals surface area (Å²) in [6, 6.07) is 4.89. The third kappa shape index (κ3) is 3.86. The fourth-order valence-corrected chi connectivity index (χ4v) is 4.57. The van der Waals surface area contributed by atoms with Gasteiger partial charge in [-0.2, -0.15) is 8.75 Å². The van der Waals surface area contributed by atoms with Crippen molar-refractivity contribution in [3.8, 4) is 0 Å². The highest BCUT2D eigenvalue weighted by Crippen LogP contribution is 2.22. The van der Waals surface area contributed by atoms with E-state index >= 15 is 0 Å². The van der Waals surface area contributed by atoms with Crippen LogP contribution >= 0.6 is 11.7 Å². The molecule has 0 radical (unpaired) electrons. The number of nitrogens with one attached hydrogen (secondary N) is 1. The molecule has 2 heterocycles. The van der Waals surface area contributed by atoms with E-state index in [0.29, 0.717) is 30.7 Å². The number of aliphatic hydroxyl groups excluding tert-OH is 1. The van der Waals surface area contributed by atoms with Crippen LogP contribution in [0.1, 0.15) is 19.3 Å². The van der Waals surface area contributed by atoms with Gasteiger partial charge < -0.3 is 9.84 Å². The Morgan fingerprint density at radius 1 is 1.35 bits per heavy atom. The number of ether oxygens (including phenoxy) is 1. The molecule has 9 heteroatoms. The van der Waals surface area contributed by atoms with Crippen LogP contribution in [0.2, 0.25) is 0 Å². The number of sulfonamides is 1. The summed E-state index contributed by atoms with van der Waals surface area (Å²) in [5.41, 5.74) is 0.954. The Hall–Kier alpha value is -1.13. The minimum absolute atomic E-state index is 0.129. The van der Waals surface area contributed by atoms with Gasteiger partial charge in [0.25, 0.3) is 0 Å². The van der Waals surface area contributed by atoms with Gasteiger partial charge in [-0.15, -0.1) is 0 Å². The molecule has 7 nitrogen and oxygen atoms in total. The van der Waals surface area contributed by atoms with Crippen molar-refractivity contribution in [1.82, 2.24) is 13.5 Å². The lowest BCUT2D eigenvalue weighted by atomic mass is 9.92. The monoisotopic (exact) mass is 357 g/mol. The van der Waals surface area contributed by atoms with Crippen LogP contribution in [-0.2, 0) is 14.8 Å². The van der Waals surface area contributed by atoms with E-state index in [4.69, 9.17) is 4.74 Å². The number of hydrogen-bond donors (Lipinski definition) is 2. The largest absolute Gasteiger partial charge is 0.393 e. The molecule has 2 aromatic rings. The molecule has 3 rings (SSSR count). The summed E-state index contributed by atoms with van der Waals surface area (Å²) in [5.74, 6) is 0.180. The maximum absolute atomic E-state index is 12.4. The number of aliphatic hydroxyl groups is 1. The third-order valence-electron chi connectivity index (χ3n) is 4.08. The van der Waals surface area contributed by atoms with Crippen molar-refractivity contribution in [3.05, 3.63) is 18.2 Å². The lowest BCUT2D eigenvalue weighted by Gasteiger charge is -2.26. The van der Waals surface area contributed by atoms with Crippen molar-refractivity contribution >= 4 is 32.8 Å². The number of benzene rings is 1. The minimum Gasteiger partial charge on any atom is -0.393 e. The van der Waals surface area contributed by atoms with E-state index < -0.39 is 16.1 Å². The zero-order valence-electron chi connectivity index (χ0n) is 12.5. The Bertz CT molecular complexity index is 756. The van der Waals surface area contributed by atoms with Crippen LogP contribution in [0, 0.1) is 5.92 Å². The summed E-state index contributed by atoms with van der Waals surface area (Å²) in [6.07, 6.45) is 1.50. The summed E-state index contributed by atoms with van der Waals surface area (Å²) in [7, 11) is -3.66. The molecule has 0 amide bonds. The number of aromatic nitrogens is 2. The molecule has 2 N–H and O–H groups in total. The van der Waals surface area contributed by atoms with Gasteiger partial charge in [0.1, 0.15) is 15.9 Å². The van der Waals surface area contributed by atoms with E-state index in [1.54, 1.807) is 12.1 Å². The Kier molecular flexibility index (Phi) is 5.22. The molecular formula is C14H19N3O4S2. The van der Waals surface area contributed by atoms with E-state index in [1.165, 1.54) is 6.07 Å². The molecule has 0 spiro atoms. The van der Waals surface area contributed by atoms with Crippen molar-refractivity contribution in [1.29, 1.82) is 0 Å². The molecule has 1 atom stereocenters. The summed E-state index contributed by atoms with van der Waals surface area (Å²) in [4.78, 5) is 0.129. The third-order valence-corrected chi connectivity index (χ3v) is 6.12. The zero-order chi connectivity index (χ0) is 16.3. The van der Waals surface area contributed by atoms with Gasteiger partial charge in [-0.05, 0) is 37.3 Å². The zero-order valence-corrected chi connectivity index (χ0v) is 14.1. The molecule has 0 aliphatic carbocycles. The fourth-order valence-electron chi connectivity index (χ4n) is 2.75. The van der Waals surface area contributed by atoms with Crippen molar-refractivity contribution in [2.45, 2.75) is 30.3 Å². The molecule has 0 unspecified atom stereocenters. The van der Waals surface area contributed by atoms with Gasteiger partial charge in [-0.3, -0.25) is 0 Å². The maximum atomic E-state index is 12.4. The second-order valence-electron chi connectivity index (χ2n) is 5.59. The first-order chi connectivity index (χ1) is 11.1. The summed E-state index contributed by atoms with van der Waals surface area (Å²) < 4.78 is 40.8. The molecular weight excluding hydrogens is 338 g/mol. The molecule has 126 valence electrons. The second-order valence-corrected chi connectivity index (χ2v) is 7.86. The van der Waals surface area contributed by atoms with Gasteiger partial charge in [0, 0.05) is 19.8 Å². The van der Waals surface area contributed by atoms with E-state index in [2.05, 4.69) is 13.5 Å². The van der Waals surface area contributed by atoms with E-state index in [0.717, 1.165) is 24.6 Å². The van der Waals surface area contributed by atoms with Crippen LogP contribution in [0.25, 0.3) is 11.0 Å². The number of fused-ring (bicyclic) bond motifs is 1. The Labute approximate surface area is 139 Å². The van der Waals surface area contributed by atoms with E-state index in [1.807, 2.05) is 0 Å². The molecule has 0 bridgehead atoms. The molecule has 0 saturated carbocycles. The highest BCUT2D eigenvalue weighted by molar-refractivity contribution is 7.89. The summed E-state index contributed by atoms with van der Waals surface area (Å²) in [6.45, 7) is 1.51. The highest BCUT2D eigenvalue weighted by atomic mass is 32.2. The predicted octanol–water partition coefficient (Wildman–Crippen LogP) is 1.15. The van der Waals surface area contributed by atoms with E-state index in [9.17, 15) is 13.5 Å². The molecule has 1 saturated heterocycles. The van der Waals surface area contributed by atoms with Crippen LogP contribution in [0.5, 0.6) is 0 Å². The van der Waals surface area contributed by atoms with Gasteiger partial charge in [0.2, 0.25) is 10.0 Å².